The van der Waals surface area contributed by atoms with Crippen LogP contribution in [0.1, 0.15) is 31.5 Å². The van der Waals surface area contributed by atoms with E-state index in [1.165, 1.54) is 37.4 Å². The number of nitrogens with one attached hydrogen (secondary N) is 2. The molecule has 0 aliphatic heterocycles. The molecule has 150 valence electrons. The Bertz CT molecular complexity index is 939. The van der Waals surface area contributed by atoms with E-state index in [1.807, 2.05) is 42.5 Å². The molecule has 0 spiro atoms. The third-order valence-corrected chi connectivity index (χ3v) is 6.86. The standard InChI is InChI=1S/C22H24N4OS2/c27-21(15-28-22-24-20(25-26-22)14-16-8-4-5-9-16)23-18-12-6-7-13-19(18)29-17-10-2-1-3-11-17/h1-3,6-7,10-13,16H,4-5,8-9,14-15H2,(H,23,27)(H,24,25,26). The second-order valence-electron chi connectivity index (χ2n) is 7.17. The monoisotopic (exact) mass is 424 g/mol. The van der Waals surface area contributed by atoms with Crippen molar-refractivity contribution in [1.29, 1.82) is 0 Å². The van der Waals surface area contributed by atoms with E-state index < -0.39 is 0 Å². The summed E-state index contributed by atoms with van der Waals surface area (Å²) in [4.78, 5) is 19.2. The van der Waals surface area contributed by atoms with E-state index in [0.29, 0.717) is 5.16 Å². The number of aromatic nitrogens is 3. The fraction of sp³-hybridized carbons (Fsp3) is 0.318. The maximum absolute atomic E-state index is 12.5. The van der Waals surface area contributed by atoms with Gasteiger partial charge in [-0.25, -0.2) is 4.98 Å². The zero-order valence-corrected chi connectivity index (χ0v) is 17.8. The first-order valence-electron chi connectivity index (χ1n) is 9.92. The number of aromatic amines is 1. The molecule has 1 saturated carbocycles. The molecule has 1 aliphatic carbocycles. The molecule has 0 saturated heterocycles. The summed E-state index contributed by atoms with van der Waals surface area (Å²) in [6, 6.07) is 18.0. The van der Waals surface area contributed by atoms with Gasteiger partial charge in [0.2, 0.25) is 11.1 Å². The number of hydrogen-bond donors (Lipinski definition) is 2. The maximum Gasteiger partial charge on any atom is 0.234 e. The van der Waals surface area contributed by atoms with Crippen molar-refractivity contribution in [2.24, 2.45) is 5.92 Å². The minimum absolute atomic E-state index is 0.0572. The third-order valence-electron chi connectivity index (χ3n) is 4.93. The molecular formula is C22H24N4OS2. The molecule has 5 nitrogen and oxygen atoms in total. The molecule has 1 aliphatic rings. The molecule has 1 fully saturated rings. The SMILES string of the molecule is O=C(CSc1n[nH]c(CC2CCCC2)n1)Nc1ccccc1Sc1ccccc1. The Kier molecular flexibility index (Phi) is 6.90. The highest BCUT2D eigenvalue weighted by Crippen LogP contribution is 2.33. The first kappa shape index (κ1) is 20.0. The number of thioether (sulfide) groups is 1. The number of para-hydroxylation sites is 1. The molecule has 0 atom stereocenters. The number of benzene rings is 2. The van der Waals surface area contributed by atoms with Gasteiger partial charge in [-0.1, -0.05) is 79.5 Å². The number of rotatable bonds is 8. The van der Waals surface area contributed by atoms with Crippen molar-refractivity contribution >= 4 is 35.1 Å². The van der Waals surface area contributed by atoms with Gasteiger partial charge in [0.1, 0.15) is 5.82 Å². The van der Waals surface area contributed by atoms with Crippen molar-refractivity contribution in [3.8, 4) is 0 Å². The highest BCUT2D eigenvalue weighted by molar-refractivity contribution is 8.00. The summed E-state index contributed by atoms with van der Waals surface area (Å²) in [5.74, 6) is 1.89. The minimum Gasteiger partial charge on any atom is -0.324 e. The number of anilines is 1. The zero-order valence-electron chi connectivity index (χ0n) is 16.1. The van der Waals surface area contributed by atoms with Crippen LogP contribution < -0.4 is 5.32 Å². The molecule has 4 rings (SSSR count). The lowest BCUT2D eigenvalue weighted by Crippen LogP contribution is -2.14. The second-order valence-corrected chi connectivity index (χ2v) is 9.23. The van der Waals surface area contributed by atoms with Crippen molar-refractivity contribution in [3.63, 3.8) is 0 Å². The predicted octanol–water partition coefficient (Wildman–Crippen LogP) is 5.42. The normalized spacial score (nSPS) is 14.2. The molecule has 3 aromatic rings. The summed E-state index contributed by atoms with van der Waals surface area (Å²) in [5, 5.41) is 10.9. The van der Waals surface area contributed by atoms with Crippen LogP contribution in [0, 0.1) is 5.92 Å². The van der Waals surface area contributed by atoms with Crippen LogP contribution in [0.25, 0.3) is 0 Å². The van der Waals surface area contributed by atoms with Crippen LogP contribution in [0.3, 0.4) is 0 Å². The molecule has 1 amide bonds. The van der Waals surface area contributed by atoms with Gasteiger partial charge in [-0.2, -0.15) is 0 Å². The summed E-state index contributed by atoms with van der Waals surface area (Å²) < 4.78 is 0. The van der Waals surface area contributed by atoms with Crippen LogP contribution in [0.5, 0.6) is 0 Å². The molecule has 0 unspecified atom stereocenters. The van der Waals surface area contributed by atoms with Crippen molar-refractivity contribution in [3.05, 3.63) is 60.4 Å². The first-order chi connectivity index (χ1) is 14.3. The van der Waals surface area contributed by atoms with Gasteiger partial charge in [0, 0.05) is 16.2 Å². The van der Waals surface area contributed by atoms with Gasteiger partial charge >= 0.3 is 0 Å². The van der Waals surface area contributed by atoms with E-state index in [4.69, 9.17) is 0 Å². The van der Waals surface area contributed by atoms with Gasteiger partial charge in [-0.15, -0.1) is 5.10 Å². The van der Waals surface area contributed by atoms with Crippen LogP contribution in [-0.2, 0) is 11.2 Å². The quantitative estimate of drug-likeness (QED) is 0.473. The lowest BCUT2D eigenvalue weighted by atomic mass is 10.0. The average molecular weight is 425 g/mol. The number of nitrogens with zero attached hydrogens (tertiary/aromatic N) is 2. The molecular weight excluding hydrogens is 400 g/mol. The molecule has 1 heterocycles. The van der Waals surface area contributed by atoms with E-state index in [9.17, 15) is 4.79 Å². The molecule has 0 bridgehead atoms. The Morgan fingerprint density at radius 1 is 1.07 bits per heavy atom. The van der Waals surface area contributed by atoms with Crippen LogP contribution >= 0.6 is 23.5 Å². The van der Waals surface area contributed by atoms with Gasteiger partial charge in [0.25, 0.3) is 0 Å². The summed E-state index contributed by atoms with van der Waals surface area (Å²) >= 11 is 3.00. The van der Waals surface area contributed by atoms with Crippen LogP contribution in [0.2, 0.25) is 0 Å². The first-order valence-corrected chi connectivity index (χ1v) is 11.7. The van der Waals surface area contributed by atoms with Gasteiger partial charge in [0.05, 0.1) is 11.4 Å². The number of hydrogen-bond acceptors (Lipinski definition) is 5. The van der Waals surface area contributed by atoms with E-state index in [0.717, 1.165) is 33.6 Å². The zero-order chi connectivity index (χ0) is 19.9. The number of amides is 1. The lowest BCUT2D eigenvalue weighted by molar-refractivity contribution is -0.113. The van der Waals surface area contributed by atoms with Crippen molar-refractivity contribution in [1.82, 2.24) is 15.2 Å². The topological polar surface area (TPSA) is 70.7 Å². The highest BCUT2D eigenvalue weighted by Gasteiger charge is 2.18. The molecule has 7 heteroatoms. The van der Waals surface area contributed by atoms with Gasteiger partial charge in [-0.05, 0) is 30.2 Å². The summed E-state index contributed by atoms with van der Waals surface area (Å²) in [6.07, 6.45) is 6.18. The Balaban J connectivity index is 1.30. The molecule has 1 aromatic heterocycles. The Labute approximate surface area is 179 Å². The van der Waals surface area contributed by atoms with Gasteiger partial charge in [0.15, 0.2) is 0 Å². The molecule has 0 radical (unpaired) electrons. The average Bonchev–Trinajstić information content (AvgIpc) is 3.41. The Morgan fingerprint density at radius 3 is 2.66 bits per heavy atom. The van der Waals surface area contributed by atoms with E-state index in [-0.39, 0.29) is 11.7 Å². The number of carbonyl (C=O) groups excluding carboxylic acids is 1. The molecule has 2 aromatic carbocycles. The lowest BCUT2D eigenvalue weighted by Gasteiger charge is -2.10. The fourth-order valence-corrected chi connectivity index (χ4v) is 5.05. The van der Waals surface area contributed by atoms with Gasteiger partial charge in [-0.3, -0.25) is 9.89 Å². The Morgan fingerprint density at radius 2 is 1.83 bits per heavy atom. The van der Waals surface area contributed by atoms with Gasteiger partial charge < -0.3 is 5.32 Å². The maximum atomic E-state index is 12.5. The predicted molar refractivity (Wildman–Crippen MR) is 118 cm³/mol. The van der Waals surface area contributed by atoms with Crippen LogP contribution in [-0.4, -0.2) is 26.8 Å². The minimum atomic E-state index is -0.0572. The van der Waals surface area contributed by atoms with E-state index in [1.54, 1.807) is 11.8 Å². The van der Waals surface area contributed by atoms with Crippen LogP contribution in [0.15, 0.2) is 69.5 Å². The largest absolute Gasteiger partial charge is 0.324 e. The van der Waals surface area contributed by atoms with Crippen molar-refractivity contribution < 1.29 is 4.79 Å². The van der Waals surface area contributed by atoms with E-state index in [2.05, 4.69) is 32.6 Å². The van der Waals surface area contributed by atoms with Crippen molar-refractivity contribution in [2.45, 2.75) is 47.1 Å². The summed E-state index contributed by atoms with van der Waals surface area (Å²) in [5.41, 5.74) is 0.823. The molecule has 29 heavy (non-hydrogen) atoms. The third kappa shape index (κ3) is 5.87. The Hall–Kier alpha value is -2.25. The number of H-pyrrole nitrogens is 1. The smallest absolute Gasteiger partial charge is 0.234 e. The second kappa shape index (κ2) is 9.98. The molecule has 2 N–H and O–H groups in total. The van der Waals surface area contributed by atoms with E-state index >= 15 is 0 Å². The van der Waals surface area contributed by atoms with Crippen LogP contribution in [0.4, 0.5) is 5.69 Å². The highest BCUT2D eigenvalue weighted by atomic mass is 32.2. The fourth-order valence-electron chi connectivity index (χ4n) is 3.51. The number of carbonyl (C=O) groups is 1. The summed E-state index contributed by atoms with van der Waals surface area (Å²) in [7, 11) is 0. The summed E-state index contributed by atoms with van der Waals surface area (Å²) in [6.45, 7) is 0. The van der Waals surface area contributed by atoms with Crippen molar-refractivity contribution in [2.75, 3.05) is 11.1 Å².